The number of hydrogen-bond acceptors (Lipinski definition) is 7. The number of fused-ring (bicyclic) bond motifs is 2. The number of methoxy groups -OCH3 is 1. The van der Waals surface area contributed by atoms with Gasteiger partial charge in [0.05, 0.1) is 33.6 Å². The number of amides is 2. The Morgan fingerprint density at radius 3 is 2.34 bits per heavy atom. The van der Waals surface area contributed by atoms with Crippen molar-refractivity contribution in [3.8, 4) is 5.75 Å². The molecule has 4 heterocycles. The Bertz CT molecular complexity index is 1970. The van der Waals surface area contributed by atoms with Gasteiger partial charge in [0, 0.05) is 36.0 Å². The van der Waals surface area contributed by atoms with Gasteiger partial charge >= 0.3 is 0 Å². The minimum atomic E-state index is -2.35. The molecule has 0 radical (unpaired) electrons. The second-order valence-corrected chi connectivity index (χ2v) is 21.8. The van der Waals surface area contributed by atoms with E-state index in [1.54, 1.807) is 7.11 Å². The van der Waals surface area contributed by atoms with Crippen molar-refractivity contribution >= 4 is 42.1 Å². The van der Waals surface area contributed by atoms with Crippen LogP contribution in [0, 0.1) is 5.92 Å². The molecule has 56 heavy (non-hydrogen) atoms. The first kappa shape index (κ1) is 40.0. The number of aliphatic hydroxyl groups excluding tert-OH is 1. The summed E-state index contributed by atoms with van der Waals surface area (Å²) in [6, 6.07) is 24.7. The van der Waals surface area contributed by atoms with E-state index in [0.717, 1.165) is 54.3 Å². The fraction of sp³-hybridized carbons (Fsp3) is 0.478. The van der Waals surface area contributed by atoms with Crippen molar-refractivity contribution in [2.24, 2.45) is 5.92 Å². The number of hydrogen-bond donors (Lipinski definition) is 2. The number of ether oxygens (including phenoxy) is 2. The van der Waals surface area contributed by atoms with Gasteiger partial charge in [0.1, 0.15) is 11.3 Å². The third-order valence-corrected chi connectivity index (χ3v) is 17.6. The van der Waals surface area contributed by atoms with Crippen LogP contribution in [0.5, 0.6) is 5.75 Å². The highest BCUT2D eigenvalue weighted by Gasteiger charge is 2.66. The predicted molar refractivity (Wildman–Crippen MR) is 229 cm³/mol. The van der Waals surface area contributed by atoms with Crippen molar-refractivity contribution in [1.82, 2.24) is 5.32 Å². The number of para-hydroxylation sites is 1. The van der Waals surface area contributed by atoms with E-state index >= 15 is 4.79 Å². The summed E-state index contributed by atoms with van der Waals surface area (Å²) in [6.07, 6.45) is 7.84. The Hall–Kier alpha value is -4.22. The van der Waals surface area contributed by atoms with Gasteiger partial charge < -0.3 is 29.7 Å². The van der Waals surface area contributed by atoms with Gasteiger partial charge in [-0.2, -0.15) is 0 Å². The number of rotatable bonds is 12. The highest BCUT2D eigenvalue weighted by atomic mass is 28.3. The molecular weight excluding hydrogens is 717 g/mol. The number of allylic oxidation sites excluding steroid dienone is 3. The van der Waals surface area contributed by atoms with E-state index in [-0.39, 0.29) is 36.0 Å². The standard InChI is InChI=1S/C46H60N4O5Si/c1-32(2)12-11-13-33(3)22-28-48-40-21-16-36(49-31-50(35-14-9-8-10-15-35)45(43(49)52)24-26-47-27-25-45)30-39(40)46(44(48)53)34(4)42(41(55-46)23-29-51)56(6,7)38-19-17-37(54-5)18-20-38/h8-10,12,14-22,30,34,41-42,47,51H,11,13,23-29,31H2,1-7H3/b33-22+/t34-,41+,42-,46+/m1/s1. The zero-order valence-electron chi connectivity index (χ0n) is 34.3. The molecule has 2 amide bonds. The van der Waals surface area contributed by atoms with Crippen LogP contribution in [-0.2, 0) is 19.9 Å². The highest BCUT2D eigenvalue weighted by Crippen LogP contribution is 2.60. The monoisotopic (exact) mass is 776 g/mol. The van der Waals surface area contributed by atoms with Crippen LogP contribution >= 0.6 is 0 Å². The molecule has 0 bridgehead atoms. The Morgan fingerprint density at radius 2 is 1.68 bits per heavy atom. The van der Waals surface area contributed by atoms with Crippen LogP contribution in [0.25, 0.3) is 0 Å². The molecule has 3 aromatic carbocycles. The Kier molecular flexibility index (Phi) is 11.4. The summed E-state index contributed by atoms with van der Waals surface area (Å²) < 4.78 is 12.7. The molecule has 0 unspecified atom stereocenters. The third-order valence-electron chi connectivity index (χ3n) is 13.2. The second kappa shape index (κ2) is 16.0. The summed E-state index contributed by atoms with van der Waals surface area (Å²) in [7, 11) is -0.677. The molecule has 9 nitrogen and oxygen atoms in total. The molecule has 3 aromatic rings. The molecule has 4 aliphatic heterocycles. The van der Waals surface area contributed by atoms with E-state index in [1.165, 1.54) is 16.3 Å². The van der Waals surface area contributed by atoms with Crippen LogP contribution in [0.2, 0.25) is 18.6 Å². The van der Waals surface area contributed by atoms with E-state index in [2.05, 4.69) is 93.5 Å². The van der Waals surface area contributed by atoms with Gasteiger partial charge in [0.2, 0.25) is 0 Å². The Balaban J connectivity index is 1.32. The van der Waals surface area contributed by atoms with Gasteiger partial charge in [-0.05, 0) is 114 Å². The van der Waals surface area contributed by atoms with E-state index in [0.29, 0.717) is 32.5 Å². The van der Waals surface area contributed by atoms with Crippen molar-refractivity contribution in [1.29, 1.82) is 0 Å². The number of nitrogens with one attached hydrogen (secondary N) is 1. The summed E-state index contributed by atoms with van der Waals surface area (Å²) in [6.45, 7) is 15.6. The van der Waals surface area contributed by atoms with Gasteiger partial charge in [-0.3, -0.25) is 14.5 Å². The average Bonchev–Trinajstić information content (AvgIpc) is 3.74. The number of anilines is 3. The molecule has 3 saturated heterocycles. The zero-order chi connectivity index (χ0) is 39.8. The number of benzene rings is 3. The summed E-state index contributed by atoms with van der Waals surface area (Å²) in [5, 5.41) is 15.2. The lowest BCUT2D eigenvalue weighted by molar-refractivity contribution is -0.146. The van der Waals surface area contributed by atoms with E-state index in [4.69, 9.17) is 9.47 Å². The van der Waals surface area contributed by atoms with Crippen LogP contribution in [0.3, 0.4) is 0 Å². The molecule has 4 atom stereocenters. The van der Waals surface area contributed by atoms with Gasteiger partial charge in [-0.25, -0.2) is 0 Å². The van der Waals surface area contributed by atoms with Crippen LogP contribution in [0.4, 0.5) is 17.1 Å². The topological polar surface area (TPSA) is 94.6 Å². The molecule has 4 aliphatic rings. The van der Waals surface area contributed by atoms with E-state index in [1.807, 2.05) is 52.3 Å². The predicted octanol–water partition coefficient (Wildman–Crippen LogP) is 7.27. The molecule has 0 aliphatic carbocycles. The minimum Gasteiger partial charge on any atom is -0.497 e. The number of aliphatic hydroxyl groups is 1. The van der Waals surface area contributed by atoms with Gasteiger partial charge in [0.25, 0.3) is 11.8 Å². The molecule has 10 heteroatoms. The maximum absolute atomic E-state index is 15.3. The first-order chi connectivity index (χ1) is 26.9. The van der Waals surface area contributed by atoms with Crippen LogP contribution in [0.1, 0.15) is 65.4 Å². The van der Waals surface area contributed by atoms with Crippen molar-refractivity contribution < 1.29 is 24.2 Å². The SMILES string of the molecule is COc1ccc([Si](C)(C)[C@H]2[C@H](CCO)O[C@@]3(C(=O)N(C/C=C(\C)CCC=C(C)C)c4ccc(N5CN(c6ccccc6)C6(CCNCC6)C5=O)cc43)[C@@H]2C)cc1. The molecular formula is C46H60N4O5Si. The third kappa shape index (κ3) is 6.82. The smallest absolute Gasteiger partial charge is 0.264 e. The van der Waals surface area contributed by atoms with Crippen molar-refractivity contribution in [3.63, 3.8) is 0 Å². The fourth-order valence-electron chi connectivity index (χ4n) is 10.2. The van der Waals surface area contributed by atoms with Crippen molar-refractivity contribution in [2.75, 3.05) is 54.7 Å². The number of carbonyl (C=O) groups excluding carboxylic acids is 2. The lowest BCUT2D eigenvalue weighted by Crippen LogP contribution is -2.55. The van der Waals surface area contributed by atoms with E-state index in [9.17, 15) is 9.90 Å². The molecule has 0 aromatic heterocycles. The highest BCUT2D eigenvalue weighted by molar-refractivity contribution is 6.91. The number of nitrogens with zero attached hydrogens (tertiary/aromatic N) is 3. The lowest BCUT2D eigenvalue weighted by atomic mass is 9.82. The molecule has 0 saturated carbocycles. The summed E-state index contributed by atoms with van der Waals surface area (Å²) in [5.41, 5.74) is 4.08. The number of piperidine rings is 1. The van der Waals surface area contributed by atoms with Crippen molar-refractivity contribution in [3.05, 3.63) is 102 Å². The number of carbonyl (C=O) groups is 2. The first-order valence-corrected chi connectivity index (χ1v) is 23.5. The normalized spacial score (nSPS) is 24.8. The average molecular weight is 777 g/mol. The van der Waals surface area contributed by atoms with Crippen LogP contribution < -0.4 is 29.9 Å². The molecule has 2 spiro atoms. The molecule has 3 fully saturated rings. The summed E-state index contributed by atoms with van der Waals surface area (Å²) in [5.74, 6) is 0.628. The van der Waals surface area contributed by atoms with Gasteiger partial charge in [0.15, 0.2) is 5.60 Å². The van der Waals surface area contributed by atoms with Gasteiger partial charge in [-0.15, -0.1) is 0 Å². The lowest BCUT2D eigenvalue weighted by Gasteiger charge is -2.39. The molecule has 7 rings (SSSR count). The minimum absolute atomic E-state index is 0.0183. The fourth-order valence-corrected chi connectivity index (χ4v) is 14.2. The molecule has 2 N–H and O–H groups in total. The second-order valence-electron chi connectivity index (χ2n) is 17.1. The summed E-state index contributed by atoms with van der Waals surface area (Å²) >= 11 is 0. The van der Waals surface area contributed by atoms with Gasteiger partial charge in [-0.1, -0.05) is 78.8 Å². The maximum Gasteiger partial charge on any atom is 0.264 e. The Morgan fingerprint density at radius 1 is 0.964 bits per heavy atom. The quantitative estimate of drug-likeness (QED) is 0.148. The zero-order valence-corrected chi connectivity index (χ0v) is 35.3. The van der Waals surface area contributed by atoms with Crippen LogP contribution in [-0.4, -0.2) is 76.7 Å². The van der Waals surface area contributed by atoms with Crippen LogP contribution in [0.15, 0.2) is 96.1 Å². The Labute approximate surface area is 334 Å². The van der Waals surface area contributed by atoms with Crippen molar-refractivity contribution in [2.45, 2.75) is 95.7 Å². The van der Waals surface area contributed by atoms with E-state index < -0.39 is 19.2 Å². The first-order valence-electron chi connectivity index (χ1n) is 20.4. The maximum atomic E-state index is 15.3. The largest absolute Gasteiger partial charge is 0.497 e. The summed E-state index contributed by atoms with van der Waals surface area (Å²) in [4.78, 5) is 36.2. The molecule has 298 valence electrons.